The largest absolute Gasteiger partial charge is 0.293 e. The minimum absolute atomic E-state index is 0.125. The number of Topliss-reactive ketones (excluding diaryl/α,β-unsaturated/α-hetero) is 1. The number of nitriles is 1. The molecule has 0 aliphatic rings. The quantitative estimate of drug-likeness (QED) is 0.594. The highest BCUT2D eigenvalue weighted by molar-refractivity contribution is 7.16. The first-order valence-electron chi connectivity index (χ1n) is 6.73. The van der Waals surface area contributed by atoms with Crippen LogP contribution >= 0.6 is 11.3 Å². The first-order valence-corrected chi connectivity index (χ1v) is 7.55. The summed E-state index contributed by atoms with van der Waals surface area (Å²) < 4.78 is 0. The standard InChI is InChI=1S/C18H17NOS/c1-18(2,3)17(20)14(12-19)11-15-9-10-16(21-15)13-7-5-4-6-8-13/h4-11H,1-3H3/b14-11+. The second kappa shape index (κ2) is 6.07. The Morgan fingerprint density at radius 2 is 1.81 bits per heavy atom. The monoisotopic (exact) mass is 295 g/mol. The molecule has 0 spiro atoms. The molecule has 0 bridgehead atoms. The summed E-state index contributed by atoms with van der Waals surface area (Å²) in [4.78, 5) is 14.2. The number of nitrogens with zero attached hydrogens (tertiary/aromatic N) is 1. The molecule has 0 radical (unpaired) electrons. The van der Waals surface area contributed by atoms with Crippen molar-refractivity contribution in [1.29, 1.82) is 5.26 Å². The van der Waals surface area contributed by atoms with Crippen LogP contribution in [0.5, 0.6) is 0 Å². The SMILES string of the molecule is CC(C)(C)C(=O)/C(C#N)=C/c1ccc(-c2ccccc2)s1. The van der Waals surface area contributed by atoms with Crippen LogP contribution in [0.2, 0.25) is 0 Å². The fraction of sp³-hybridized carbons (Fsp3) is 0.222. The average molecular weight is 295 g/mol. The summed E-state index contributed by atoms with van der Waals surface area (Å²) >= 11 is 1.58. The number of hydrogen-bond acceptors (Lipinski definition) is 3. The van der Waals surface area contributed by atoms with Gasteiger partial charge in [-0.25, -0.2) is 0 Å². The Morgan fingerprint density at radius 3 is 2.38 bits per heavy atom. The van der Waals surface area contributed by atoms with Crippen molar-refractivity contribution >= 4 is 23.2 Å². The van der Waals surface area contributed by atoms with Crippen LogP contribution in [-0.4, -0.2) is 5.78 Å². The Morgan fingerprint density at radius 1 is 1.14 bits per heavy atom. The van der Waals surface area contributed by atoms with Crippen LogP contribution < -0.4 is 0 Å². The van der Waals surface area contributed by atoms with E-state index in [1.165, 1.54) is 0 Å². The molecule has 0 atom stereocenters. The van der Waals surface area contributed by atoms with Crippen LogP contribution in [0.3, 0.4) is 0 Å². The van der Waals surface area contributed by atoms with Crippen LogP contribution in [-0.2, 0) is 4.79 Å². The van der Waals surface area contributed by atoms with E-state index in [0.29, 0.717) is 0 Å². The van der Waals surface area contributed by atoms with E-state index >= 15 is 0 Å². The maximum Gasteiger partial charge on any atom is 0.178 e. The van der Waals surface area contributed by atoms with E-state index in [1.54, 1.807) is 17.4 Å². The highest BCUT2D eigenvalue weighted by Gasteiger charge is 2.25. The Kier molecular flexibility index (Phi) is 4.40. The van der Waals surface area contributed by atoms with Gasteiger partial charge in [0.15, 0.2) is 5.78 Å². The molecule has 1 heterocycles. The molecule has 0 unspecified atom stereocenters. The highest BCUT2D eigenvalue weighted by Crippen LogP contribution is 2.30. The van der Waals surface area contributed by atoms with Gasteiger partial charge in [0.2, 0.25) is 0 Å². The van der Waals surface area contributed by atoms with Crippen molar-refractivity contribution < 1.29 is 4.79 Å². The van der Waals surface area contributed by atoms with Gasteiger partial charge in [-0.2, -0.15) is 5.26 Å². The van der Waals surface area contributed by atoms with E-state index < -0.39 is 5.41 Å². The summed E-state index contributed by atoms with van der Waals surface area (Å²) in [5.41, 5.74) is 0.813. The van der Waals surface area contributed by atoms with E-state index in [-0.39, 0.29) is 11.4 Å². The average Bonchev–Trinajstić information content (AvgIpc) is 2.92. The van der Waals surface area contributed by atoms with Gasteiger partial charge < -0.3 is 0 Å². The van der Waals surface area contributed by atoms with Crippen LogP contribution in [0, 0.1) is 16.7 Å². The van der Waals surface area contributed by atoms with E-state index in [2.05, 4.69) is 0 Å². The van der Waals surface area contributed by atoms with Crippen molar-refractivity contribution in [3.63, 3.8) is 0 Å². The molecule has 2 aromatic rings. The van der Waals surface area contributed by atoms with Gasteiger partial charge in [-0.15, -0.1) is 11.3 Å². The van der Waals surface area contributed by atoms with Crippen LogP contribution in [0.1, 0.15) is 25.6 Å². The Bertz CT molecular complexity index is 712. The van der Waals surface area contributed by atoms with Crippen molar-refractivity contribution in [2.75, 3.05) is 0 Å². The fourth-order valence-corrected chi connectivity index (χ4v) is 2.84. The summed E-state index contributed by atoms with van der Waals surface area (Å²) in [6.45, 7) is 5.47. The third-order valence-electron chi connectivity index (χ3n) is 3.02. The molecule has 0 aliphatic heterocycles. The van der Waals surface area contributed by atoms with Gasteiger partial charge in [0.25, 0.3) is 0 Å². The number of allylic oxidation sites excluding steroid dienone is 1. The molecule has 0 amide bonds. The molecule has 0 N–H and O–H groups in total. The molecule has 0 aliphatic carbocycles. The van der Waals surface area contributed by atoms with E-state index in [9.17, 15) is 10.1 Å². The lowest BCUT2D eigenvalue weighted by molar-refractivity contribution is -0.121. The summed E-state index contributed by atoms with van der Waals surface area (Å²) in [6.07, 6.45) is 1.69. The van der Waals surface area contributed by atoms with Gasteiger partial charge in [-0.1, -0.05) is 51.1 Å². The van der Waals surface area contributed by atoms with Crippen LogP contribution in [0.25, 0.3) is 16.5 Å². The second-order valence-corrected chi connectivity index (χ2v) is 6.93. The molecular weight excluding hydrogens is 278 g/mol. The Labute approximate surface area is 129 Å². The van der Waals surface area contributed by atoms with Gasteiger partial charge in [-0.3, -0.25) is 4.79 Å². The zero-order chi connectivity index (χ0) is 15.5. The minimum atomic E-state index is -0.541. The van der Waals surface area contributed by atoms with Crippen molar-refractivity contribution in [1.82, 2.24) is 0 Å². The lowest BCUT2D eigenvalue weighted by Gasteiger charge is -2.15. The second-order valence-electron chi connectivity index (χ2n) is 5.82. The third-order valence-corrected chi connectivity index (χ3v) is 4.10. The normalized spacial score (nSPS) is 12.0. The lowest BCUT2D eigenvalue weighted by Crippen LogP contribution is -2.21. The summed E-state index contributed by atoms with van der Waals surface area (Å²) in [5.74, 6) is -0.125. The first kappa shape index (κ1) is 15.2. The summed E-state index contributed by atoms with van der Waals surface area (Å²) in [6, 6.07) is 16.0. The number of thiophene rings is 1. The molecule has 3 heteroatoms. The minimum Gasteiger partial charge on any atom is -0.293 e. The predicted molar refractivity (Wildman–Crippen MR) is 87.8 cm³/mol. The molecular formula is C18H17NOS. The van der Waals surface area contributed by atoms with Crippen molar-refractivity contribution in [2.24, 2.45) is 5.41 Å². The maximum atomic E-state index is 12.2. The number of rotatable bonds is 3. The molecule has 21 heavy (non-hydrogen) atoms. The number of benzene rings is 1. The van der Waals surface area contributed by atoms with E-state index in [1.807, 2.05) is 69.3 Å². The summed E-state index contributed by atoms with van der Waals surface area (Å²) in [7, 11) is 0. The molecule has 0 saturated heterocycles. The Balaban J connectivity index is 2.32. The van der Waals surface area contributed by atoms with Crippen LogP contribution in [0.15, 0.2) is 48.0 Å². The molecule has 1 aromatic heterocycles. The molecule has 1 aromatic carbocycles. The first-order chi connectivity index (χ1) is 9.91. The lowest BCUT2D eigenvalue weighted by atomic mass is 9.86. The van der Waals surface area contributed by atoms with Crippen molar-refractivity contribution in [2.45, 2.75) is 20.8 Å². The number of ketones is 1. The zero-order valence-electron chi connectivity index (χ0n) is 12.4. The van der Waals surface area contributed by atoms with Crippen molar-refractivity contribution in [3.05, 3.63) is 52.9 Å². The zero-order valence-corrected chi connectivity index (χ0v) is 13.2. The van der Waals surface area contributed by atoms with Gasteiger partial charge in [0.1, 0.15) is 6.07 Å². The molecule has 2 nitrogen and oxygen atoms in total. The summed E-state index contributed by atoms with van der Waals surface area (Å²) in [5, 5.41) is 9.21. The maximum absolute atomic E-state index is 12.2. The third kappa shape index (κ3) is 3.68. The van der Waals surface area contributed by atoms with Gasteiger partial charge in [-0.05, 0) is 23.8 Å². The van der Waals surface area contributed by atoms with Crippen LogP contribution in [0.4, 0.5) is 0 Å². The molecule has 0 fully saturated rings. The fourth-order valence-electron chi connectivity index (χ4n) is 1.88. The number of carbonyl (C=O) groups excluding carboxylic acids is 1. The molecule has 106 valence electrons. The van der Waals surface area contributed by atoms with Gasteiger partial charge >= 0.3 is 0 Å². The Hall–Kier alpha value is -2.18. The van der Waals surface area contributed by atoms with Crippen molar-refractivity contribution in [3.8, 4) is 16.5 Å². The molecule has 0 saturated carbocycles. The smallest absolute Gasteiger partial charge is 0.178 e. The molecule has 2 rings (SSSR count). The number of hydrogen-bond donors (Lipinski definition) is 0. The predicted octanol–water partition coefficient (Wildman–Crippen LogP) is 4.94. The van der Waals surface area contributed by atoms with Gasteiger partial charge in [0.05, 0.1) is 5.57 Å². The highest BCUT2D eigenvalue weighted by atomic mass is 32.1. The number of carbonyl (C=O) groups is 1. The van der Waals surface area contributed by atoms with E-state index in [4.69, 9.17) is 0 Å². The topological polar surface area (TPSA) is 40.9 Å². The van der Waals surface area contributed by atoms with Gasteiger partial charge in [0, 0.05) is 15.2 Å². The van der Waals surface area contributed by atoms with E-state index in [0.717, 1.165) is 15.3 Å².